The van der Waals surface area contributed by atoms with E-state index in [1.165, 1.54) is 23.7 Å². The second-order valence-electron chi connectivity index (χ2n) is 10.1. The van der Waals surface area contributed by atoms with Gasteiger partial charge in [0, 0.05) is 49.8 Å². The lowest BCUT2D eigenvalue weighted by Crippen LogP contribution is -2.48. The Morgan fingerprint density at radius 2 is 1.66 bits per heavy atom. The van der Waals surface area contributed by atoms with Crippen LogP contribution in [-0.4, -0.2) is 63.0 Å². The Labute approximate surface area is 244 Å². The van der Waals surface area contributed by atoms with Crippen LogP contribution in [0, 0.1) is 18.6 Å². The van der Waals surface area contributed by atoms with E-state index < -0.39 is 29.7 Å². The fourth-order valence-corrected chi connectivity index (χ4v) is 5.26. The normalized spacial score (nSPS) is 12.7. The lowest BCUT2D eigenvalue weighted by Gasteiger charge is -2.25. The number of aliphatic hydroxyl groups is 1. The summed E-state index contributed by atoms with van der Waals surface area (Å²) in [5.41, 5.74) is 1.70. The van der Waals surface area contributed by atoms with E-state index >= 15 is 0 Å². The second kappa shape index (κ2) is 15.6. The molecule has 41 heavy (non-hydrogen) atoms. The van der Waals surface area contributed by atoms with Crippen molar-refractivity contribution in [3.63, 3.8) is 0 Å². The zero-order chi connectivity index (χ0) is 29.9. The van der Waals surface area contributed by atoms with Crippen molar-refractivity contribution < 1.29 is 23.5 Å². The number of nitrogens with one attached hydrogen (secondary N) is 2. The smallest absolute Gasteiger partial charge is 0.253 e. The molecule has 3 rings (SSSR count). The third kappa shape index (κ3) is 9.65. The van der Waals surface area contributed by atoms with E-state index in [0.717, 1.165) is 41.7 Å². The molecule has 0 saturated carbocycles. The first kappa shape index (κ1) is 32.2. The number of aliphatic hydroxyl groups excluding tert-OH is 1. The third-order valence-electron chi connectivity index (χ3n) is 6.48. The molecular formula is C30H39F2N5O3S. The molecule has 0 saturated heterocycles. The zero-order valence-corrected chi connectivity index (χ0v) is 24.9. The summed E-state index contributed by atoms with van der Waals surface area (Å²) in [7, 11) is 0. The van der Waals surface area contributed by atoms with Gasteiger partial charge in [0.1, 0.15) is 22.5 Å². The number of rotatable bonds is 15. The minimum absolute atomic E-state index is 0.0135. The molecule has 0 aliphatic rings. The number of halogens is 2. The van der Waals surface area contributed by atoms with Crippen LogP contribution in [0.15, 0.2) is 36.4 Å². The van der Waals surface area contributed by atoms with E-state index in [0.29, 0.717) is 30.8 Å². The minimum Gasteiger partial charge on any atom is -0.390 e. The van der Waals surface area contributed by atoms with Gasteiger partial charge in [-0.05, 0) is 79.2 Å². The zero-order valence-electron chi connectivity index (χ0n) is 24.0. The first-order valence-electron chi connectivity index (χ1n) is 14.0. The molecule has 0 spiro atoms. The predicted octanol–water partition coefficient (Wildman–Crippen LogP) is 4.44. The molecular weight excluding hydrogens is 548 g/mol. The SMILES string of the molecule is CCCN(CCC)C(=O)c1cc(C)cc(C(=O)N[C@@H](Cc2cc(F)cc(F)c2)[C@H](O)CNCc2nc(CC)ns2)c1. The predicted molar refractivity (Wildman–Crippen MR) is 156 cm³/mol. The fourth-order valence-electron chi connectivity index (χ4n) is 4.57. The molecule has 1 aromatic heterocycles. The molecule has 0 unspecified atom stereocenters. The molecule has 2 amide bonds. The number of aromatic nitrogens is 2. The van der Waals surface area contributed by atoms with Crippen LogP contribution in [-0.2, 0) is 19.4 Å². The number of benzene rings is 2. The highest BCUT2D eigenvalue weighted by Gasteiger charge is 2.24. The maximum absolute atomic E-state index is 13.9. The molecule has 8 nitrogen and oxygen atoms in total. The Hall–Kier alpha value is -3.28. The van der Waals surface area contributed by atoms with Crippen molar-refractivity contribution in [1.29, 1.82) is 0 Å². The van der Waals surface area contributed by atoms with E-state index in [4.69, 9.17) is 0 Å². The van der Waals surface area contributed by atoms with Gasteiger partial charge >= 0.3 is 0 Å². The minimum atomic E-state index is -1.10. The van der Waals surface area contributed by atoms with Crippen LogP contribution < -0.4 is 10.6 Å². The summed E-state index contributed by atoms with van der Waals surface area (Å²) in [5, 5.41) is 17.8. The van der Waals surface area contributed by atoms with Crippen LogP contribution in [0.25, 0.3) is 0 Å². The van der Waals surface area contributed by atoms with Gasteiger partial charge in [0.2, 0.25) is 0 Å². The summed E-state index contributed by atoms with van der Waals surface area (Å²) in [6.07, 6.45) is 1.24. The summed E-state index contributed by atoms with van der Waals surface area (Å²) in [4.78, 5) is 32.8. The third-order valence-corrected chi connectivity index (χ3v) is 7.22. The van der Waals surface area contributed by atoms with Crippen LogP contribution in [0.1, 0.15) is 76.3 Å². The van der Waals surface area contributed by atoms with Gasteiger partial charge in [-0.3, -0.25) is 9.59 Å². The summed E-state index contributed by atoms with van der Waals surface area (Å²) in [6, 6.07) is 7.21. The quantitative estimate of drug-likeness (QED) is 0.243. The summed E-state index contributed by atoms with van der Waals surface area (Å²) in [6.45, 7) is 9.47. The van der Waals surface area contributed by atoms with Crippen LogP contribution in [0.4, 0.5) is 8.78 Å². The van der Waals surface area contributed by atoms with E-state index in [1.54, 1.807) is 30.0 Å². The largest absolute Gasteiger partial charge is 0.390 e. The van der Waals surface area contributed by atoms with Crippen LogP contribution in [0.3, 0.4) is 0 Å². The average Bonchev–Trinajstić information content (AvgIpc) is 3.39. The molecule has 0 bridgehead atoms. The lowest BCUT2D eigenvalue weighted by atomic mass is 9.99. The van der Waals surface area contributed by atoms with E-state index in [1.807, 2.05) is 20.8 Å². The highest BCUT2D eigenvalue weighted by atomic mass is 32.1. The molecule has 3 N–H and O–H groups in total. The number of hydrogen-bond acceptors (Lipinski definition) is 7. The molecule has 0 aliphatic heterocycles. The molecule has 2 atom stereocenters. The highest BCUT2D eigenvalue weighted by molar-refractivity contribution is 7.05. The Kier molecular flexibility index (Phi) is 12.3. The molecule has 0 radical (unpaired) electrons. The summed E-state index contributed by atoms with van der Waals surface area (Å²) >= 11 is 1.27. The van der Waals surface area contributed by atoms with Crippen LogP contribution in [0.5, 0.6) is 0 Å². The molecule has 1 heterocycles. The molecule has 222 valence electrons. The van der Waals surface area contributed by atoms with Crippen LogP contribution >= 0.6 is 11.5 Å². The molecule has 3 aromatic rings. The number of aryl methyl sites for hydroxylation is 2. The van der Waals surface area contributed by atoms with E-state index in [-0.39, 0.29) is 24.4 Å². The van der Waals surface area contributed by atoms with Crippen molar-refractivity contribution in [2.75, 3.05) is 19.6 Å². The van der Waals surface area contributed by atoms with Crippen molar-refractivity contribution in [1.82, 2.24) is 24.9 Å². The number of carbonyl (C=O) groups is 2. The summed E-state index contributed by atoms with van der Waals surface area (Å²) in [5.74, 6) is -1.39. The van der Waals surface area contributed by atoms with E-state index in [9.17, 15) is 23.5 Å². The van der Waals surface area contributed by atoms with Gasteiger partial charge < -0.3 is 20.6 Å². The molecule has 2 aromatic carbocycles. The van der Waals surface area contributed by atoms with Crippen molar-refractivity contribution >= 4 is 23.3 Å². The fraction of sp³-hybridized carbons (Fsp3) is 0.467. The maximum Gasteiger partial charge on any atom is 0.253 e. The van der Waals surface area contributed by atoms with Gasteiger partial charge in [0.05, 0.1) is 12.1 Å². The van der Waals surface area contributed by atoms with Gasteiger partial charge in [-0.15, -0.1) is 0 Å². The number of amides is 2. The van der Waals surface area contributed by atoms with Gasteiger partial charge in [-0.2, -0.15) is 4.37 Å². The van der Waals surface area contributed by atoms with Crippen molar-refractivity contribution in [3.8, 4) is 0 Å². The van der Waals surface area contributed by atoms with Gasteiger partial charge in [-0.25, -0.2) is 13.8 Å². The Morgan fingerprint density at radius 1 is 1.00 bits per heavy atom. The first-order chi connectivity index (χ1) is 19.6. The van der Waals surface area contributed by atoms with Gasteiger partial charge in [0.15, 0.2) is 0 Å². The van der Waals surface area contributed by atoms with E-state index in [2.05, 4.69) is 20.0 Å². The average molecular weight is 588 g/mol. The maximum atomic E-state index is 13.9. The molecule has 0 aliphatic carbocycles. The van der Waals surface area contributed by atoms with Crippen molar-refractivity contribution in [3.05, 3.63) is 81.1 Å². The van der Waals surface area contributed by atoms with Crippen molar-refractivity contribution in [2.45, 2.75) is 72.1 Å². The Morgan fingerprint density at radius 3 is 2.27 bits per heavy atom. The molecule has 0 fully saturated rings. The number of carbonyl (C=O) groups excluding carboxylic acids is 2. The second-order valence-corrected chi connectivity index (χ2v) is 10.9. The summed E-state index contributed by atoms with van der Waals surface area (Å²) < 4.78 is 32.1. The van der Waals surface area contributed by atoms with Gasteiger partial charge in [0.25, 0.3) is 11.8 Å². The Balaban J connectivity index is 1.79. The monoisotopic (exact) mass is 587 g/mol. The lowest BCUT2D eigenvalue weighted by molar-refractivity contribution is 0.0755. The Bertz CT molecular complexity index is 1290. The molecule has 11 heteroatoms. The van der Waals surface area contributed by atoms with Gasteiger partial charge in [-0.1, -0.05) is 20.8 Å². The van der Waals surface area contributed by atoms with Crippen molar-refractivity contribution in [2.24, 2.45) is 0 Å². The standard InChI is InChI=1S/C30H39F2N5O3S/c1-5-8-37(9-6-2)30(40)22-11-19(4)10-21(15-22)29(39)34-25(14-20-12-23(31)16-24(32)13-20)26(38)17-33-18-28-35-27(7-3)36-41-28/h10-13,15-16,25-26,33,38H,5-9,14,17-18H2,1-4H3,(H,34,39)/t25-,26+/m0/s1. The first-order valence-corrected chi connectivity index (χ1v) is 14.8. The number of hydrogen-bond donors (Lipinski definition) is 3. The number of nitrogens with zero attached hydrogens (tertiary/aromatic N) is 3. The topological polar surface area (TPSA) is 107 Å². The highest BCUT2D eigenvalue weighted by Crippen LogP contribution is 2.16. The van der Waals surface area contributed by atoms with Crippen LogP contribution in [0.2, 0.25) is 0 Å².